The summed E-state index contributed by atoms with van der Waals surface area (Å²) in [6.45, 7) is 2.44. The van der Waals surface area contributed by atoms with E-state index in [1.807, 2.05) is 0 Å². The van der Waals surface area contributed by atoms with E-state index in [1.165, 1.54) is 42.2 Å². The Bertz CT molecular complexity index is 1580. The molecule has 3 aromatic rings. The van der Waals surface area contributed by atoms with Gasteiger partial charge in [-0.3, -0.25) is 9.59 Å². The van der Waals surface area contributed by atoms with E-state index in [9.17, 15) is 40.0 Å². The molecule has 1 N–H and O–H groups in total. The predicted molar refractivity (Wildman–Crippen MR) is 145 cm³/mol. The minimum absolute atomic E-state index is 0.000593. The van der Waals surface area contributed by atoms with Gasteiger partial charge >= 0.3 is 6.36 Å². The number of rotatable bonds is 10. The second kappa shape index (κ2) is 12.9. The first kappa shape index (κ1) is 32.9. The number of nitrogens with zero attached hydrogens (tertiary/aromatic N) is 3. The third-order valence-corrected chi connectivity index (χ3v) is 8.92. The largest absolute Gasteiger partial charge is 0.573 e. The van der Waals surface area contributed by atoms with Gasteiger partial charge in [0.05, 0.1) is 10.9 Å². The van der Waals surface area contributed by atoms with Gasteiger partial charge in [0.1, 0.15) is 11.5 Å². The van der Waals surface area contributed by atoms with Gasteiger partial charge in [0, 0.05) is 50.7 Å². The zero-order valence-corrected chi connectivity index (χ0v) is 24.4. The molecule has 2 amide bonds. The highest BCUT2D eigenvalue weighted by molar-refractivity contribution is 7.89. The van der Waals surface area contributed by atoms with E-state index in [0.29, 0.717) is 11.3 Å². The summed E-state index contributed by atoms with van der Waals surface area (Å²) in [6.07, 6.45) is -5.72. The molecule has 238 valence electrons. The highest BCUT2D eigenvalue weighted by Gasteiger charge is 2.39. The summed E-state index contributed by atoms with van der Waals surface area (Å²) < 4.78 is 102. The van der Waals surface area contributed by atoms with Crippen LogP contribution in [-0.2, 0) is 27.3 Å². The van der Waals surface area contributed by atoms with Crippen LogP contribution in [-0.4, -0.2) is 66.6 Å². The summed E-state index contributed by atoms with van der Waals surface area (Å²) >= 11 is 0. The van der Waals surface area contributed by atoms with Crippen molar-refractivity contribution >= 4 is 21.8 Å². The molecular formula is C28H29F5N4O6S. The van der Waals surface area contributed by atoms with E-state index >= 15 is 0 Å². The van der Waals surface area contributed by atoms with Gasteiger partial charge in [0.25, 0.3) is 11.8 Å². The summed E-state index contributed by atoms with van der Waals surface area (Å²) in [4.78, 5) is 27.0. The fraction of sp³-hybridized carbons (Fsp3) is 0.393. The van der Waals surface area contributed by atoms with Crippen LogP contribution in [0.25, 0.3) is 0 Å². The summed E-state index contributed by atoms with van der Waals surface area (Å²) in [5, 5.41) is 6.34. The van der Waals surface area contributed by atoms with E-state index in [1.54, 1.807) is 6.92 Å². The molecule has 1 saturated heterocycles. The van der Waals surface area contributed by atoms with Crippen molar-refractivity contribution in [1.29, 1.82) is 0 Å². The number of alkyl halides is 5. The minimum Gasteiger partial charge on any atom is -0.406 e. The Kier molecular flexibility index (Phi) is 9.63. The zero-order chi connectivity index (χ0) is 32.3. The average Bonchev–Trinajstić information content (AvgIpc) is 3.41. The van der Waals surface area contributed by atoms with Crippen molar-refractivity contribution in [2.24, 2.45) is 0 Å². The molecule has 0 radical (unpaired) electrons. The number of carbonyl (C=O) groups excluding carboxylic acids is 2. The van der Waals surface area contributed by atoms with E-state index in [-0.39, 0.29) is 55.2 Å². The number of benzene rings is 2. The van der Waals surface area contributed by atoms with Crippen molar-refractivity contribution in [3.05, 3.63) is 77.2 Å². The molecule has 0 aliphatic carbocycles. The SMILES string of the molecule is CCC(F)(F)c1ccc(CNC(=O)C[C@H]2CN(C(=O)c3cc(C)on3)CCN2S(=O)(=O)c2ccc(OC(F)(F)F)cc2)cc1. The first-order chi connectivity index (χ1) is 20.6. The maximum absolute atomic E-state index is 13.9. The monoisotopic (exact) mass is 644 g/mol. The number of hydrogen-bond acceptors (Lipinski definition) is 7. The maximum atomic E-state index is 13.9. The second-order valence-electron chi connectivity index (χ2n) is 10.1. The van der Waals surface area contributed by atoms with Crippen molar-refractivity contribution in [1.82, 2.24) is 19.7 Å². The Morgan fingerprint density at radius 1 is 1.05 bits per heavy atom. The Hall–Kier alpha value is -4.05. The molecule has 2 aromatic carbocycles. The third kappa shape index (κ3) is 7.91. The summed E-state index contributed by atoms with van der Waals surface area (Å²) in [6, 6.07) is 9.39. The Morgan fingerprint density at radius 3 is 2.27 bits per heavy atom. The summed E-state index contributed by atoms with van der Waals surface area (Å²) in [5.41, 5.74) is 0.365. The molecule has 1 fully saturated rings. The molecule has 4 rings (SSSR count). The van der Waals surface area contributed by atoms with Crippen LogP contribution in [0.15, 0.2) is 64.0 Å². The maximum Gasteiger partial charge on any atom is 0.573 e. The lowest BCUT2D eigenvalue weighted by Gasteiger charge is -2.40. The molecule has 0 spiro atoms. The van der Waals surface area contributed by atoms with Crippen LogP contribution in [0, 0.1) is 6.92 Å². The van der Waals surface area contributed by atoms with E-state index in [2.05, 4.69) is 15.2 Å². The highest BCUT2D eigenvalue weighted by Crippen LogP contribution is 2.31. The van der Waals surface area contributed by atoms with Crippen LogP contribution in [0.3, 0.4) is 0 Å². The number of aryl methyl sites for hydroxylation is 1. The van der Waals surface area contributed by atoms with Crippen molar-refractivity contribution in [3.63, 3.8) is 0 Å². The first-order valence-corrected chi connectivity index (χ1v) is 14.9. The van der Waals surface area contributed by atoms with Gasteiger partial charge in [-0.2, -0.15) is 4.31 Å². The Morgan fingerprint density at radius 2 is 1.70 bits per heavy atom. The lowest BCUT2D eigenvalue weighted by Crippen LogP contribution is -2.57. The van der Waals surface area contributed by atoms with E-state index in [0.717, 1.165) is 28.6 Å². The molecule has 1 atom stereocenters. The predicted octanol–water partition coefficient (Wildman–Crippen LogP) is 4.61. The number of halogens is 5. The van der Waals surface area contributed by atoms with Gasteiger partial charge in [0.2, 0.25) is 15.9 Å². The van der Waals surface area contributed by atoms with Gasteiger partial charge < -0.3 is 19.5 Å². The van der Waals surface area contributed by atoms with Crippen LogP contribution in [0.4, 0.5) is 22.0 Å². The van der Waals surface area contributed by atoms with Crippen LogP contribution >= 0.6 is 0 Å². The summed E-state index contributed by atoms with van der Waals surface area (Å²) in [7, 11) is -4.34. The molecule has 1 aromatic heterocycles. The number of hydrogen-bond donors (Lipinski definition) is 1. The van der Waals surface area contributed by atoms with Gasteiger partial charge in [0.15, 0.2) is 5.69 Å². The topological polar surface area (TPSA) is 122 Å². The number of carbonyl (C=O) groups is 2. The molecule has 0 bridgehead atoms. The fourth-order valence-electron chi connectivity index (χ4n) is 4.64. The van der Waals surface area contributed by atoms with Crippen LogP contribution in [0.5, 0.6) is 5.75 Å². The number of aromatic nitrogens is 1. The standard InChI is InChI=1S/C28H29F5N4O6S/c1-3-27(29,30)20-6-4-19(5-7-20)16-34-25(38)15-21-17-36(26(39)24-14-18(2)43-35-24)12-13-37(21)44(40,41)23-10-8-22(9-11-23)42-28(31,32)33/h4-11,14,21H,3,12-13,15-17H2,1-2H3,(H,34,38)/t21-/m0/s1. The van der Waals surface area contributed by atoms with Crippen molar-refractivity contribution in [3.8, 4) is 5.75 Å². The minimum atomic E-state index is -4.97. The molecule has 1 aliphatic heterocycles. The number of ether oxygens (including phenoxy) is 1. The first-order valence-electron chi connectivity index (χ1n) is 13.4. The third-order valence-electron chi connectivity index (χ3n) is 6.96. The normalized spacial score (nSPS) is 16.5. The van der Waals surface area contributed by atoms with Gasteiger partial charge in [-0.15, -0.1) is 13.2 Å². The Labute approximate surface area is 249 Å². The molecule has 10 nitrogen and oxygen atoms in total. The number of amides is 2. The van der Waals surface area contributed by atoms with Gasteiger partial charge in [-0.05, 0) is 36.8 Å². The van der Waals surface area contributed by atoms with E-state index in [4.69, 9.17) is 4.52 Å². The van der Waals surface area contributed by atoms with Crippen LogP contribution in [0.2, 0.25) is 0 Å². The second-order valence-corrected chi connectivity index (χ2v) is 12.0. The van der Waals surface area contributed by atoms with Crippen molar-refractivity contribution < 1.29 is 49.2 Å². The van der Waals surface area contributed by atoms with Crippen molar-refractivity contribution in [2.75, 3.05) is 19.6 Å². The number of sulfonamides is 1. The Balaban J connectivity index is 1.51. The summed E-state index contributed by atoms with van der Waals surface area (Å²) in [5.74, 6) is -4.34. The smallest absolute Gasteiger partial charge is 0.406 e. The number of piperazine rings is 1. The van der Waals surface area contributed by atoms with Gasteiger partial charge in [-0.25, -0.2) is 17.2 Å². The molecule has 0 saturated carbocycles. The highest BCUT2D eigenvalue weighted by atomic mass is 32.2. The van der Waals surface area contributed by atoms with Gasteiger partial charge in [-0.1, -0.05) is 36.3 Å². The van der Waals surface area contributed by atoms with Crippen LogP contribution < -0.4 is 10.1 Å². The van der Waals surface area contributed by atoms with Crippen molar-refractivity contribution in [2.45, 2.75) is 56.5 Å². The molecule has 2 heterocycles. The molecule has 0 unspecified atom stereocenters. The quantitative estimate of drug-likeness (QED) is 0.320. The number of nitrogens with one attached hydrogen (secondary N) is 1. The average molecular weight is 645 g/mol. The fourth-order valence-corrected chi connectivity index (χ4v) is 6.25. The molecular weight excluding hydrogens is 615 g/mol. The molecule has 44 heavy (non-hydrogen) atoms. The molecule has 16 heteroatoms. The van der Waals surface area contributed by atoms with Crippen LogP contribution in [0.1, 0.15) is 47.1 Å². The lowest BCUT2D eigenvalue weighted by molar-refractivity contribution is -0.274. The lowest BCUT2D eigenvalue weighted by atomic mass is 10.0. The molecule has 1 aliphatic rings. The van der Waals surface area contributed by atoms with E-state index < -0.39 is 45.9 Å². The zero-order valence-electron chi connectivity index (χ0n) is 23.6.